The molecule has 0 radical (unpaired) electrons. The summed E-state index contributed by atoms with van der Waals surface area (Å²) in [6, 6.07) is 14.1. The van der Waals surface area contributed by atoms with E-state index in [4.69, 9.17) is 14.3 Å². The Morgan fingerprint density at radius 1 is 1.14 bits per heavy atom. The lowest BCUT2D eigenvalue weighted by Gasteiger charge is -2.26. The lowest BCUT2D eigenvalue weighted by molar-refractivity contribution is -0.117. The van der Waals surface area contributed by atoms with Crippen molar-refractivity contribution in [2.75, 3.05) is 12.0 Å². The van der Waals surface area contributed by atoms with E-state index in [1.165, 1.54) is 54.7 Å². The van der Waals surface area contributed by atoms with Gasteiger partial charge in [-0.2, -0.15) is 0 Å². The maximum atomic E-state index is 13.7. The Balaban J connectivity index is 1.63. The number of fused-ring (bicyclic) bond motifs is 1. The van der Waals surface area contributed by atoms with Gasteiger partial charge in [0, 0.05) is 23.5 Å². The summed E-state index contributed by atoms with van der Waals surface area (Å²) in [6.45, 7) is 0. The SMILES string of the molecule is COc1cccc2cc(C(=O)C3=C(O)C(=O)N(c4ccc(S(N)(=O)=O)cc4)C3c3cccnc3)oc12. The molecule has 11 heteroatoms. The van der Waals surface area contributed by atoms with Gasteiger partial charge in [-0.1, -0.05) is 18.2 Å². The Kier molecular flexibility index (Phi) is 5.58. The second kappa shape index (κ2) is 8.63. The Labute approximate surface area is 205 Å². The fourth-order valence-electron chi connectivity index (χ4n) is 4.19. The summed E-state index contributed by atoms with van der Waals surface area (Å²) in [5.41, 5.74) is 0.826. The lowest BCUT2D eigenvalue weighted by Crippen LogP contribution is -2.31. The van der Waals surface area contributed by atoms with Crippen LogP contribution in [0.5, 0.6) is 5.75 Å². The van der Waals surface area contributed by atoms with E-state index in [9.17, 15) is 23.1 Å². The number of amides is 1. The molecule has 0 bridgehead atoms. The van der Waals surface area contributed by atoms with Gasteiger partial charge in [-0.05, 0) is 48.0 Å². The molecule has 0 saturated carbocycles. The number of sulfonamides is 1. The van der Waals surface area contributed by atoms with Crippen molar-refractivity contribution in [1.82, 2.24) is 4.98 Å². The van der Waals surface area contributed by atoms with Crippen molar-refractivity contribution in [3.05, 3.63) is 95.7 Å². The van der Waals surface area contributed by atoms with Crippen LogP contribution in [0.2, 0.25) is 0 Å². The number of Topliss-reactive ketones (excluding diaryl/α,β-unsaturated/α-hetero) is 1. The molecular formula is C25H19N3O7S. The quantitative estimate of drug-likeness (QED) is 0.379. The van der Waals surface area contributed by atoms with Crippen LogP contribution in [-0.4, -0.2) is 37.3 Å². The fourth-order valence-corrected chi connectivity index (χ4v) is 4.71. The average molecular weight is 506 g/mol. The molecule has 2 aromatic heterocycles. The number of aromatic nitrogens is 1. The standard InChI is InChI=1S/C25H19N3O7S/c1-34-18-6-2-4-14-12-19(35-24(14)18)22(29)20-21(15-5-3-11-27-13-15)28(25(31)23(20)30)16-7-9-17(10-8-16)36(26,32)33/h2-13,21,30H,1H3,(H2,26,32,33). The number of pyridine rings is 1. The molecule has 4 aromatic rings. The summed E-state index contributed by atoms with van der Waals surface area (Å²) in [7, 11) is -2.49. The molecule has 3 heterocycles. The molecule has 0 spiro atoms. The maximum absolute atomic E-state index is 13.7. The zero-order valence-electron chi connectivity index (χ0n) is 18.8. The third-order valence-electron chi connectivity index (χ3n) is 5.85. The van der Waals surface area contributed by atoms with Crippen molar-refractivity contribution in [3.63, 3.8) is 0 Å². The molecule has 0 aliphatic carbocycles. The van der Waals surface area contributed by atoms with Gasteiger partial charge in [0.15, 0.2) is 22.9 Å². The van der Waals surface area contributed by atoms with Crippen LogP contribution in [0.15, 0.2) is 93.7 Å². The topological polar surface area (TPSA) is 153 Å². The summed E-state index contributed by atoms with van der Waals surface area (Å²) < 4.78 is 34.4. The smallest absolute Gasteiger partial charge is 0.294 e. The van der Waals surface area contributed by atoms with Crippen LogP contribution >= 0.6 is 0 Å². The highest BCUT2D eigenvalue weighted by Gasteiger charge is 2.45. The number of primary sulfonamides is 1. The van der Waals surface area contributed by atoms with Crippen LogP contribution in [0.1, 0.15) is 22.2 Å². The van der Waals surface area contributed by atoms with Gasteiger partial charge in [0.25, 0.3) is 5.91 Å². The van der Waals surface area contributed by atoms with Crippen LogP contribution < -0.4 is 14.8 Å². The minimum atomic E-state index is -3.96. The Morgan fingerprint density at radius 3 is 2.53 bits per heavy atom. The van der Waals surface area contributed by atoms with Crippen LogP contribution in [0.4, 0.5) is 5.69 Å². The summed E-state index contributed by atoms with van der Waals surface area (Å²) in [6.07, 6.45) is 3.00. The van der Waals surface area contributed by atoms with E-state index in [0.717, 1.165) is 0 Å². The minimum absolute atomic E-state index is 0.0934. The number of ketones is 1. The molecule has 1 aliphatic rings. The van der Waals surface area contributed by atoms with E-state index >= 15 is 0 Å². The highest BCUT2D eigenvalue weighted by molar-refractivity contribution is 7.89. The number of methoxy groups -OCH3 is 1. The maximum Gasteiger partial charge on any atom is 0.294 e. The number of nitrogens with zero attached hydrogens (tertiary/aromatic N) is 2. The number of para-hydroxylation sites is 1. The van der Waals surface area contributed by atoms with E-state index in [-0.39, 0.29) is 21.9 Å². The number of ether oxygens (including phenoxy) is 1. The van der Waals surface area contributed by atoms with Gasteiger partial charge in [0.2, 0.25) is 15.8 Å². The van der Waals surface area contributed by atoms with E-state index in [0.29, 0.717) is 22.3 Å². The molecule has 36 heavy (non-hydrogen) atoms. The third kappa shape index (κ3) is 3.80. The van der Waals surface area contributed by atoms with Crippen molar-refractivity contribution in [3.8, 4) is 5.75 Å². The molecule has 0 fully saturated rings. The Bertz CT molecular complexity index is 1640. The van der Waals surface area contributed by atoms with Crippen LogP contribution in [0.25, 0.3) is 11.0 Å². The van der Waals surface area contributed by atoms with E-state index in [2.05, 4.69) is 4.98 Å². The molecule has 182 valence electrons. The lowest BCUT2D eigenvalue weighted by atomic mass is 9.96. The molecule has 10 nitrogen and oxygen atoms in total. The number of furan rings is 1. The molecule has 1 atom stereocenters. The number of benzene rings is 2. The van der Waals surface area contributed by atoms with Crippen molar-refractivity contribution >= 4 is 38.4 Å². The minimum Gasteiger partial charge on any atom is -0.503 e. The highest BCUT2D eigenvalue weighted by atomic mass is 32.2. The van der Waals surface area contributed by atoms with Gasteiger partial charge in [-0.25, -0.2) is 13.6 Å². The van der Waals surface area contributed by atoms with Gasteiger partial charge in [0.1, 0.15) is 0 Å². The number of nitrogens with two attached hydrogens (primary N) is 1. The van der Waals surface area contributed by atoms with Crippen LogP contribution in [0.3, 0.4) is 0 Å². The molecular weight excluding hydrogens is 486 g/mol. The first-order valence-electron chi connectivity index (χ1n) is 10.6. The Morgan fingerprint density at radius 2 is 1.89 bits per heavy atom. The van der Waals surface area contributed by atoms with Crippen molar-refractivity contribution in [1.29, 1.82) is 0 Å². The van der Waals surface area contributed by atoms with Crippen LogP contribution in [0, 0.1) is 0 Å². The van der Waals surface area contributed by atoms with E-state index < -0.39 is 33.5 Å². The average Bonchev–Trinajstić information content (AvgIpc) is 3.43. The van der Waals surface area contributed by atoms with E-state index in [1.807, 2.05) is 0 Å². The number of hydrogen-bond donors (Lipinski definition) is 2. The molecule has 1 unspecified atom stereocenters. The number of aliphatic hydroxyl groups excluding tert-OH is 1. The Hall–Kier alpha value is -4.48. The summed E-state index contributed by atoms with van der Waals surface area (Å²) in [4.78, 5) is 32.0. The molecule has 3 N–H and O–H groups in total. The molecule has 0 saturated heterocycles. The molecule has 5 rings (SSSR count). The number of carbonyl (C=O) groups is 2. The monoisotopic (exact) mass is 505 g/mol. The van der Waals surface area contributed by atoms with Gasteiger partial charge in [-0.3, -0.25) is 19.5 Å². The van der Waals surface area contributed by atoms with Gasteiger partial charge in [0.05, 0.1) is 23.6 Å². The van der Waals surface area contributed by atoms with Crippen molar-refractivity contribution in [2.45, 2.75) is 10.9 Å². The van der Waals surface area contributed by atoms with E-state index in [1.54, 1.807) is 30.3 Å². The second-order valence-corrected chi connectivity index (χ2v) is 9.55. The van der Waals surface area contributed by atoms with Crippen LogP contribution in [-0.2, 0) is 14.8 Å². The number of hydrogen-bond acceptors (Lipinski definition) is 8. The first-order valence-corrected chi connectivity index (χ1v) is 12.2. The third-order valence-corrected chi connectivity index (χ3v) is 6.78. The number of rotatable bonds is 6. The summed E-state index contributed by atoms with van der Waals surface area (Å²) in [5, 5.41) is 16.7. The zero-order valence-corrected chi connectivity index (χ0v) is 19.6. The van der Waals surface area contributed by atoms with Gasteiger partial charge < -0.3 is 14.3 Å². The fraction of sp³-hybridized carbons (Fsp3) is 0.0800. The second-order valence-electron chi connectivity index (χ2n) is 7.98. The summed E-state index contributed by atoms with van der Waals surface area (Å²) in [5.74, 6) is -1.96. The van der Waals surface area contributed by atoms with Crippen molar-refractivity contribution in [2.24, 2.45) is 5.14 Å². The predicted octanol–water partition coefficient (Wildman–Crippen LogP) is 3.27. The number of carbonyl (C=O) groups excluding carboxylic acids is 2. The highest BCUT2D eigenvalue weighted by Crippen LogP contribution is 2.42. The van der Waals surface area contributed by atoms with Crippen molar-refractivity contribution < 1.29 is 32.3 Å². The van der Waals surface area contributed by atoms with Gasteiger partial charge >= 0.3 is 0 Å². The largest absolute Gasteiger partial charge is 0.503 e. The predicted molar refractivity (Wildman–Crippen MR) is 129 cm³/mol. The normalized spacial score (nSPS) is 16.1. The first kappa shape index (κ1) is 23.3. The molecule has 1 aliphatic heterocycles. The zero-order chi connectivity index (χ0) is 25.6. The van der Waals surface area contributed by atoms with Gasteiger partial charge in [-0.15, -0.1) is 0 Å². The molecule has 1 amide bonds. The number of anilines is 1. The first-order chi connectivity index (χ1) is 17.2. The number of aliphatic hydroxyl groups is 1. The molecule has 2 aromatic carbocycles. The summed E-state index contributed by atoms with van der Waals surface area (Å²) >= 11 is 0.